The van der Waals surface area contributed by atoms with Crippen LogP contribution in [0.3, 0.4) is 0 Å². The van der Waals surface area contributed by atoms with Crippen molar-refractivity contribution >= 4 is 50.5 Å². The second kappa shape index (κ2) is 13.8. The number of amides is 4. The fourth-order valence-corrected chi connectivity index (χ4v) is 9.71. The zero-order chi connectivity index (χ0) is 39.7. The van der Waals surface area contributed by atoms with Crippen LogP contribution < -0.4 is 14.8 Å². The number of carbonyl (C=O) groups excluding carboxylic acids is 3. The smallest absolute Gasteiger partial charge is 0.408 e. The number of aromatic nitrogens is 3. The lowest BCUT2D eigenvalue weighted by Crippen LogP contribution is -2.62. The molecule has 296 valence electrons. The average molecular weight is 778 g/mol. The van der Waals surface area contributed by atoms with Crippen LogP contribution in [0.25, 0.3) is 16.7 Å². The predicted molar refractivity (Wildman–Crippen MR) is 203 cm³/mol. The van der Waals surface area contributed by atoms with E-state index in [1.165, 1.54) is 9.80 Å². The number of ether oxygens (including phenoxy) is 1. The SMILES string of the molecule is CC1CCC=C[C@@H]2C[C@@]2(C(=O)NS(=O)(=O)C2(C)CC2)NC(=O)[C@@H]2C[C@@H](Oc3nc4nccn4c4ccccc34)CN2C(=O)[C@@H](N(C(=O)O)C(C)(C)C)[C@H](C)C1. The number of carboxylic acid groups (broad SMARTS) is 1. The summed E-state index contributed by atoms with van der Waals surface area (Å²) in [7, 11) is -4.02. The summed E-state index contributed by atoms with van der Waals surface area (Å²) in [5.74, 6) is -2.15. The Labute approximate surface area is 320 Å². The quantitative estimate of drug-likeness (QED) is 0.305. The number of carbonyl (C=O) groups is 4. The van der Waals surface area contributed by atoms with Gasteiger partial charge >= 0.3 is 6.09 Å². The number of para-hydroxylation sites is 1. The van der Waals surface area contributed by atoms with Crippen molar-refractivity contribution in [2.24, 2.45) is 17.8 Å². The highest BCUT2D eigenvalue weighted by Crippen LogP contribution is 2.48. The molecule has 7 atom stereocenters. The van der Waals surface area contributed by atoms with Crippen LogP contribution in [0.15, 0.2) is 48.8 Å². The van der Waals surface area contributed by atoms with Crippen molar-refractivity contribution in [2.75, 3.05) is 6.54 Å². The second-order valence-corrected chi connectivity index (χ2v) is 19.5. The fraction of sp³-hybridized carbons (Fsp3) is 0.590. The Morgan fingerprint density at radius 3 is 2.55 bits per heavy atom. The second-order valence-electron chi connectivity index (χ2n) is 17.3. The van der Waals surface area contributed by atoms with Crippen LogP contribution in [0.2, 0.25) is 0 Å². The van der Waals surface area contributed by atoms with E-state index in [2.05, 4.69) is 26.9 Å². The summed E-state index contributed by atoms with van der Waals surface area (Å²) in [5.41, 5.74) is -1.74. The monoisotopic (exact) mass is 777 g/mol. The van der Waals surface area contributed by atoms with E-state index in [4.69, 9.17) is 4.74 Å². The van der Waals surface area contributed by atoms with E-state index in [1.807, 2.05) is 47.7 Å². The van der Waals surface area contributed by atoms with Crippen molar-refractivity contribution in [2.45, 2.75) is 121 Å². The van der Waals surface area contributed by atoms with Gasteiger partial charge in [0.2, 0.25) is 33.5 Å². The molecule has 4 heterocycles. The van der Waals surface area contributed by atoms with Gasteiger partial charge in [-0.2, -0.15) is 4.98 Å². The molecule has 2 aliphatic carbocycles. The number of allylic oxidation sites excluding steroid dienone is 1. The van der Waals surface area contributed by atoms with Gasteiger partial charge in [-0.25, -0.2) is 18.2 Å². The maximum Gasteiger partial charge on any atom is 0.408 e. The Hall–Kier alpha value is -4.73. The van der Waals surface area contributed by atoms with Crippen molar-refractivity contribution < 1.29 is 37.4 Å². The van der Waals surface area contributed by atoms with Crippen LogP contribution in [-0.4, -0.2) is 102 Å². The first-order valence-corrected chi connectivity index (χ1v) is 20.6. The normalized spacial score (nSPS) is 29.7. The number of benzene rings is 1. The van der Waals surface area contributed by atoms with Gasteiger partial charge in [-0.1, -0.05) is 38.1 Å². The highest BCUT2D eigenvalue weighted by molar-refractivity contribution is 7.91. The first-order valence-electron chi connectivity index (χ1n) is 19.1. The summed E-state index contributed by atoms with van der Waals surface area (Å²) >= 11 is 0. The molecule has 1 saturated heterocycles. The van der Waals surface area contributed by atoms with E-state index < -0.39 is 79.7 Å². The van der Waals surface area contributed by atoms with E-state index >= 15 is 4.79 Å². The van der Waals surface area contributed by atoms with Gasteiger partial charge in [0.05, 0.1) is 22.2 Å². The Kier molecular flexibility index (Phi) is 9.66. The maximum atomic E-state index is 15.1. The zero-order valence-electron chi connectivity index (χ0n) is 32.2. The third kappa shape index (κ3) is 7.13. The number of hydrogen-bond donors (Lipinski definition) is 3. The molecule has 4 aliphatic rings. The van der Waals surface area contributed by atoms with Gasteiger partial charge in [-0.3, -0.25) is 28.4 Å². The molecule has 0 spiro atoms. The molecule has 2 aliphatic heterocycles. The van der Waals surface area contributed by atoms with Gasteiger partial charge in [-0.05, 0) is 90.2 Å². The molecule has 2 saturated carbocycles. The van der Waals surface area contributed by atoms with E-state index in [-0.39, 0.29) is 31.2 Å². The largest absolute Gasteiger partial charge is 0.472 e. The van der Waals surface area contributed by atoms with Gasteiger partial charge < -0.3 is 20.1 Å². The van der Waals surface area contributed by atoms with E-state index in [0.717, 1.165) is 11.9 Å². The summed E-state index contributed by atoms with van der Waals surface area (Å²) in [5, 5.41) is 14.2. The van der Waals surface area contributed by atoms with E-state index in [9.17, 15) is 27.9 Å². The summed E-state index contributed by atoms with van der Waals surface area (Å²) in [6, 6.07) is 5.17. The lowest BCUT2D eigenvalue weighted by molar-refractivity contribution is -0.146. The van der Waals surface area contributed by atoms with Crippen LogP contribution in [-0.2, 0) is 24.4 Å². The number of nitrogens with one attached hydrogen (secondary N) is 2. The van der Waals surface area contributed by atoms with Crippen molar-refractivity contribution in [3.8, 4) is 5.88 Å². The minimum absolute atomic E-state index is 0.00185. The van der Waals surface area contributed by atoms with Crippen LogP contribution >= 0.6 is 0 Å². The number of nitrogens with zero attached hydrogens (tertiary/aromatic N) is 5. The Bertz CT molecular complexity index is 2180. The van der Waals surface area contributed by atoms with Crippen LogP contribution in [0.1, 0.15) is 86.5 Å². The maximum absolute atomic E-state index is 15.1. The molecule has 4 amide bonds. The van der Waals surface area contributed by atoms with Gasteiger partial charge in [-0.15, -0.1) is 0 Å². The highest BCUT2D eigenvalue weighted by atomic mass is 32.2. The highest BCUT2D eigenvalue weighted by Gasteiger charge is 2.63. The minimum Gasteiger partial charge on any atom is -0.472 e. The summed E-state index contributed by atoms with van der Waals surface area (Å²) in [4.78, 5) is 68.2. The van der Waals surface area contributed by atoms with Crippen molar-refractivity contribution in [1.82, 2.24) is 34.2 Å². The first-order chi connectivity index (χ1) is 25.8. The number of hydrogen-bond acceptors (Lipinski definition) is 9. The molecule has 1 unspecified atom stereocenters. The summed E-state index contributed by atoms with van der Waals surface area (Å²) in [6.07, 6.45) is 8.17. The number of rotatable bonds is 6. The third-order valence-corrected chi connectivity index (χ3v) is 14.1. The number of imidazole rings is 1. The average Bonchev–Trinajstić information content (AvgIpc) is 3.89. The predicted octanol–water partition coefficient (Wildman–Crippen LogP) is 4.26. The Balaban J connectivity index is 1.28. The van der Waals surface area contributed by atoms with Gasteiger partial charge in [0.15, 0.2) is 0 Å². The zero-order valence-corrected chi connectivity index (χ0v) is 33.0. The summed E-state index contributed by atoms with van der Waals surface area (Å²) < 4.78 is 36.0. The molecule has 0 radical (unpaired) electrons. The number of sulfonamides is 1. The third-order valence-electron chi connectivity index (χ3n) is 11.9. The fourth-order valence-electron chi connectivity index (χ4n) is 8.39. The van der Waals surface area contributed by atoms with E-state index in [1.54, 1.807) is 40.1 Å². The first kappa shape index (κ1) is 38.5. The molecule has 3 aromatic rings. The molecule has 0 bridgehead atoms. The molecule has 16 heteroatoms. The summed E-state index contributed by atoms with van der Waals surface area (Å²) in [6.45, 7) is 10.7. The number of fused-ring (bicyclic) bond motifs is 5. The van der Waals surface area contributed by atoms with Gasteiger partial charge in [0.1, 0.15) is 23.7 Å². The topological polar surface area (TPSA) is 193 Å². The van der Waals surface area contributed by atoms with Crippen molar-refractivity contribution in [1.29, 1.82) is 0 Å². The molecule has 7 rings (SSSR count). The van der Waals surface area contributed by atoms with Crippen LogP contribution in [0, 0.1) is 17.8 Å². The Morgan fingerprint density at radius 1 is 1.13 bits per heavy atom. The molecule has 1 aromatic carbocycles. The van der Waals surface area contributed by atoms with Crippen LogP contribution in [0.5, 0.6) is 5.88 Å². The van der Waals surface area contributed by atoms with Gasteiger partial charge in [0.25, 0.3) is 5.91 Å². The molecule has 3 fully saturated rings. The van der Waals surface area contributed by atoms with E-state index in [0.29, 0.717) is 36.8 Å². The molecule has 15 nitrogen and oxygen atoms in total. The molecule has 3 N–H and O–H groups in total. The lowest BCUT2D eigenvalue weighted by Gasteiger charge is -2.43. The van der Waals surface area contributed by atoms with Crippen molar-refractivity contribution in [3.63, 3.8) is 0 Å². The standard InChI is InChI=1S/C39H51N7O8S/c1-23-11-7-8-12-25-21-39(25,34(49)43-55(52,53)38(6)15-16-38)42-31(47)29-20-26(54-32-27-13-9-10-14-28(27)44-18-17-40-35(44)41-32)22-45(29)33(48)30(24(2)19-23)46(36(50)51)37(3,4)5/h8-10,12-14,17-18,23-26,29-30H,7,11,15-16,19-22H2,1-6H3,(H,42,47)(H,43,49)(H,50,51)/t23?,24-,25-,26-,29+,30+,39-/m1/s1. The van der Waals surface area contributed by atoms with Crippen molar-refractivity contribution in [3.05, 3.63) is 48.8 Å². The Morgan fingerprint density at radius 2 is 1.85 bits per heavy atom. The lowest BCUT2D eigenvalue weighted by atomic mass is 9.85. The molecular formula is C39H51N7O8S. The molecule has 2 aromatic heterocycles. The van der Waals surface area contributed by atoms with Gasteiger partial charge in [0, 0.05) is 30.3 Å². The molecule has 55 heavy (non-hydrogen) atoms. The van der Waals surface area contributed by atoms with Crippen LogP contribution in [0.4, 0.5) is 4.79 Å². The molecular weight excluding hydrogens is 727 g/mol. The minimum atomic E-state index is -4.02.